The lowest BCUT2D eigenvalue weighted by Gasteiger charge is -2.31. The van der Waals surface area contributed by atoms with Gasteiger partial charge in [0.1, 0.15) is 17.4 Å². The van der Waals surface area contributed by atoms with Crippen LogP contribution in [0, 0.1) is 0 Å². The molecule has 3 aromatic rings. The van der Waals surface area contributed by atoms with Crippen LogP contribution in [-0.2, 0) is 23.2 Å². The summed E-state index contributed by atoms with van der Waals surface area (Å²) in [5.74, 6) is 1.36. The molecular formula is C19H24N6O2S. The summed E-state index contributed by atoms with van der Waals surface area (Å²) >= 11 is 1.34. The number of amides is 1. The highest BCUT2D eigenvalue weighted by Crippen LogP contribution is 2.28. The number of nitrogens with one attached hydrogen (secondary N) is 1. The van der Waals surface area contributed by atoms with Crippen LogP contribution in [0.4, 0.5) is 5.13 Å². The van der Waals surface area contributed by atoms with Gasteiger partial charge in [-0.25, -0.2) is 4.98 Å². The molecule has 1 saturated heterocycles. The van der Waals surface area contributed by atoms with Crippen LogP contribution in [-0.4, -0.2) is 57.3 Å². The Morgan fingerprint density at radius 3 is 3.04 bits per heavy atom. The average molecular weight is 401 g/mol. The molecule has 9 heteroatoms. The third-order valence-electron chi connectivity index (χ3n) is 5.04. The Kier molecular flexibility index (Phi) is 5.65. The van der Waals surface area contributed by atoms with Gasteiger partial charge < -0.3 is 9.30 Å². The summed E-state index contributed by atoms with van der Waals surface area (Å²) in [6.07, 6.45) is 2.14. The summed E-state index contributed by atoms with van der Waals surface area (Å²) in [5.41, 5.74) is 2.17. The molecule has 1 N–H and O–H groups in total. The highest BCUT2D eigenvalue weighted by Gasteiger charge is 2.26. The van der Waals surface area contributed by atoms with E-state index in [2.05, 4.69) is 38.1 Å². The van der Waals surface area contributed by atoms with Crippen LogP contribution in [0.2, 0.25) is 0 Å². The molecule has 0 bridgehead atoms. The fourth-order valence-corrected chi connectivity index (χ4v) is 4.52. The lowest BCUT2D eigenvalue weighted by molar-refractivity contribution is -0.117. The molecule has 148 valence electrons. The summed E-state index contributed by atoms with van der Waals surface area (Å²) in [5, 5.41) is 12.1. The number of carbonyl (C=O) groups is 1. The third kappa shape index (κ3) is 4.06. The number of carbonyl (C=O) groups excluding carboxylic acids is 1. The first-order chi connectivity index (χ1) is 13.6. The molecular weight excluding hydrogens is 376 g/mol. The van der Waals surface area contributed by atoms with Gasteiger partial charge in [-0.15, -0.1) is 10.2 Å². The van der Waals surface area contributed by atoms with Crippen LogP contribution in [0.25, 0.3) is 11.0 Å². The molecule has 0 radical (unpaired) electrons. The second kappa shape index (κ2) is 8.34. The molecule has 0 unspecified atom stereocenters. The lowest BCUT2D eigenvalue weighted by Crippen LogP contribution is -2.40. The molecule has 1 amide bonds. The standard InChI is InChI=1S/C19H24N6O2S/c1-24-15-8-4-3-7-14(15)20-18(24)13-6-5-9-25(10-13)11-16(26)21-19-23-22-17(28-19)12-27-2/h3-4,7-8,13H,5-6,9-12H2,1-2H3,(H,21,23,26)/t13-/m1/s1. The van der Waals surface area contributed by atoms with Gasteiger partial charge in [0.05, 0.1) is 17.6 Å². The number of imidazole rings is 1. The molecule has 1 fully saturated rings. The first kappa shape index (κ1) is 19.0. The number of hydrogen-bond acceptors (Lipinski definition) is 7. The minimum Gasteiger partial charge on any atom is -0.377 e. The van der Waals surface area contributed by atoms with E-state index in [0.717, 1.165) is 47.8 Å². The maximum atomic E-state index is 12.4. The summed E-state index contributed by atoms with van der Waals surface area (Å²) in [6, 6.07) is 8.20. The van der Waals surface area contributed by atoms with Crippen molar-refractivity contribution in [2.24, 2.45) is 7.05 Å². The largest absolute Gasteiger partial charge is 0.377 e. The minimum absolute atomic E-state index is 0.0641. The molecule has 4 rings (SSSR count). The van der Waals surface area contributed by atoms with E-state index >= 15 is 0 Å². The van der Waals surface area contributed by atoms with E-state index in [1.165, 1.54) is 11.3 Å². The van der Waals surface area contributed by atoms with E-state index < -0.39 is 0 Å². The number of fused-ring (bicyclic) bond motifs is 1. The first-order valence-corrected chi connectivity index (χ1v) is 10.2. The molecule has 0 spiro atoms. The molecule has 28 heavy (non-hydrogen) atoms. The van der Waals surface area contributed by atoms with Crippen LogP contribution >= 0.6 is 11.3 Å². The van der Waals surface area contributed by atoms with E-state index in [4.69, 9.17) is 9.72 Å². The quantitative estimate of drug-likeness (QED) is 0.684. The van der Waals surface area contributed by atoms with Crippen molar-refractivity contribution in [2.75, 3.05) is 32.1 Å². The smallest absolute Gasteiger partial charge is 0.240 e. The van der Waals surface area contributed by atoms with Crippen molar-refractivity contribution in [3.05, 3.63) is 35.1 Å². The lowest BCUT2D eigenvalue weighted by atomic mass is 9.97. The molecule has 1 aliphatic heterocycles. The summed E-state index contributed by atoms with van der Waals surface area (Å²) < 4.78 is 7.21. The molecule has 1 aliphatic rings. The number of benzene rings is 1. The number of methoxy groups -OCH3 is 1. The number of aryl methyl sites for hydroxylation is 1. The molecule has 0 saturated carbocycles. The predicted octanol–water partition coefficient (Wildman–Crippen LogP) is 2.39. The number of nitrogens with zero attached hydrogens (tertiary/aromatic N) is 5. The van der Waals surface area contributed by atoms with E-state index in [0.29, 0.717) is 24.2 Å². The van der Waals surface area contributed by atoms with Crippen molar-refractivity contribution >= 4 is 33.4 Å². The predicted molar refractivity (Wildman–Crippen MR) is 108 cm³/mol. The van der Waals surface area contributed by atoms with Crippen molar-refractivity contribution in [2.45, 2.75) is 25.4 Å². The zero-order valence-electron chi connectivity index (χ0n) is 16.1. The van der Waals surface area contributed by atoms with Crippen LogP contribution < -0.4 is 5.32 Å². The number of rotatable bonds is 6. The summed E-state index contributed by atoms with van der Waals surface area (Å²) in [4.78, 5) is 19.5. The highest BCUT2D eigenvalue weighted by atomic mass is 32.1. The SMILES string of the molecule is COCc1nnc(NC(=O)CN2CCC[C@@H](c3nc4ccccc4n3C)C2)s1. The van der Waals surface area contributed by atoms with E-state index in [9.17, 15) is 4.79 Å². The van der Waals surface area contributed by atoms with Crippen molar-refractivity contribution < 1.29 is 9.53 Å². The topological polar surface area (TPSA) is 85.2 Å². The number of aromatic nitrogens is 4. The Hall–Kier alpha value is -2.36. The van der Waals surface area contributed by atoms with Crippen molar-refractivity contribution in [3.63, 3.8) is 0 Å². The Bertz CT molecular complexity index is 968. The molecule has 2 aromatic heterocycles. The highest BCUT2D eigenvalue weighted by molar-refractivity contribution is 7.15. The third-order valence-corrected chi connectivity index (χ3v) is 5.85. The van der Waals surface area contributed by atoms with Gasteiger partial charge in [0.2, 0.25) is 11.0 Å². The van der Waals surface area contributed by atoms with Crippen molar-refractivity contribution in [3.8, 4) is 0 Å². The Morgan fingerprint density at radius 2 is 2.21 bits per heavy atom. The molecule has 8 nitrogen and oxygen atoms in total. The fraction of sp³-hybridized carbons (Fsp3) is 0.474. The Labute approximate surface area is 167 Å². The second-order valence-corrected chi connectivity index (χ2v) is 8.14. The number of ether oxygens (including phenoxy) is 1. The van der Waals surface area contributed by atoms with Crippen LogP contribution in [0.1, 0.15) is 29.6 Å². The van der Waals surface area contributed by atoms with Crippen LogP contribution in [0.5, 0.6) is 0 Å². The fourth-order valence-electron chi connectivity index (χ4n) is 3.79. The van der Waals surface area contributed by atoms with Crippen molar-refractivity contribution in [1.82, 2.24) is 24.6 Å². The normalized spacial score (nSPS) is 17.9. The second-order valence-electron chi connectivity index (χ2n) is 7.07. The van der Waals surface area contributed by atoms with Crippen molar-refractivity contribution in [1.29, 1.82) is 0 Å². The molecule has 0 aliphatic carbocycles. The summed E-state index contributed by atoms with van der Waals surface area (Å²) in [7, 11) is 3.68. The number of likely N-dealkylation sites (tertiary alicyclic amines) is 1. The monoisotopic (exact) mass is 400 g/mol. The number of piperidine rings is 1. The van der Waals surface area contributed by atoms with Gasteiger partial charge in [0.25, 0.3) is 0 Å². The minimum atomic E-state index is -0.0641. The van der Waals surface area contributed by atoms with Crippen LogP contribution in [0.15, 0.2) is 24.3 Å². The summed E-state index contributed by atoms with van der Waals surface area (Å²) in [6.45, 7) is 2.49. The van der Waals surface area contributed by atoms with Gasteiger partial charge >= 0.3 is 0 Å². The van der Waals surface area contributed by atoms with Gasteiger partial charge in [0, 0.05) is 26.6 Å². The first-order valence-electron chi connectivity index (χ1n) is 9.39. The van der Waals surface area contributed by atoms with Gasteiger partial charge in [-0.1, -0.05) is 23.5 Å². The van der Waals surface area contributed by atoms with Crippen LogP contribution in [0.3, 0.4) is 0 Å². The van der Waals surface area contributed by atoms with Gasteiger partial charge in [0.15, 0.2) is 0 Å². The molecule has 1 aromatic carbocycles. The maximum Gasteiger partial charge on any atom is 0.240 e. The van der Waals surface area contributed by atoms with Gasteiger partial charge in [-0.3, -0.25) is 15.0 Å². The number of anilines is 1. The zero-order valence-corrected chi connectivity index (χ0v) is 16.9. The zero-order chi connectivity index (χ0) is 19.5. The van der Waals surface area contributed by atoms with E-state index in [1.807, 2.05) is 18.2 Å². The van der Waals surface area contributed by atoms with Gasteiger partial charge in [-0.2, -0.15) is 0 Å². The Morgan fingerprint density at radius 1 is 1.36 bits per heavy atom. The Balaban J connectivity index is 1.39. The average Bonchev–Trinajstić information content (AvgIpc) is 3.27. The van der Waals surface area contributed by atoms with E-state index in [-0.39, 0.29) is 5.91 Å². The van der Waals surface area contributed by atoms with Gasteiger partial charge in [-0.05, 0) is 31.5 Å². The molecule has 1 atom stereocenters. The number of hydrogen-bond donors (Lipinski definition) is 1. The maximum absolute atomic E-state index is 12.4. The van der Waals surface area contributed by atoms with E-state index in [1.54, 1.807) is 7.11 Å². The molecule has 3 heterocycles. The number of para-hydroxylation sites is 2.